The minimum absolute atomic E-state index is 0.0350. The first kappa shape index (κ1) is 23.4. The summed E-state index contributed by atoms with van der Waals surface area (Å²) in [7, 11) is 3.93. The number of hydrogen-bond donors (Lipinski definition) is 0. The Balaban J connectivity index is 1.71. The Morgan fingerprint density at radius 1 is 1.09 bits per heavy atom. The second kappa shape index (κ2) is 10.9. The van der Waals surface area contributed by atoms with Crippen LogP contribution in [0.1, 0.15) is 34.3 Å². The summed E-state index contributed by atoms with van der Waals surface area (Å²) in [4.78, 5) is 31.9. The number of halogens is 1. The van der Waals surface area contributed by atoms with Crippen LogP contribution in [-0.4, -0.2) is 66.8 Å². The molecule has 0 radical (unpaired) electrons. The van der Waals surface area contributed by atoms with E-state index in [1.807, 2.05) is 36.0 Å². The van der Waals surface area contributed by atoms with Crippen LogP contribution >= 0.6 is 0 Å². The normalized spacial score (nSPS) is 16.0. The Labute approximate surface area is 188 Å². The number of nitrogens with zero attached hydrogens (tertiary/aromatic N) is 4. The van der Waals surface area contributed by atoms with Gasteiger partial charge in [-0.3, -0.25) is 9.59 Å². The van der Waals surface area contributed by atoms with Gasteiger partial charge in [-0.1, -0.05) is 12.1 Å². The third-order valence-electron chi connectivity index (χ3n) is 5.73. The average Bonchev–Trinajstić information content (AvgIpc) is 2.81. The quantitative estimate of drug-likeness (QED) is 0.669. The molecule has 7 heteroatoms. The molecular formula is C25H29FN4O2. The first-order chi connectivity index (χ1) is 15.4. The maximum absolute atomic E-state index is 13.5. The van der Waals surface area contributed by atoms with Crippen molar-refractivity contribution in [1.29, 1.82) is 5.26 Å². The van der Waals surface area contributed by atoms with Crippen LogP contribution in [0.5, 0.6) is 0 Å². The molecule has 0 N–H and O–H groups in total. The number of carbonyl (C=O) groups excluding carboxylic acids is 2. The van der Waals surface area contributed by atoms with E-state index in [2.05, 4.69) is 6.07 Å². The van der Waals surface area contributed by atoms with E-state index >= 15 is 0 Å². The standard InChI is InChI=1S/C25H29FN4O2/c1-28(2)14-15-30(17-20-7-5-19(16-27)6-8-20)25(32)22-4-3-13-29(18-22)24(31)21-9-11-23(26)12-10-21/h5-12,22H,3-4,13-15,17-18H2,1-2H3. The van der Waals surface area contributed by atoms with Gasteiger partial charge < -0.3 is 14.7 Å². The summed E-state index contributed by atoms with van der Waals surface area (Å²) in [6.45, 7) is 2.72. The number of carbonyl (C=O) groups is 2. The Bertz CT molecular complexity index is 967. The predicted molar refractivity (Wildman–Crippen MR) is 120 cm³/mol. The zero-order valence-electron chi connectivity index (χ0n) is 18.6. The van der Waals surface area contributed by atoms with Gasteiger partial charge in [0.05, 0.1) is 17.6 Å². The van der Waals surface area contributed by atoms with Crippen LogP contribution in [0.25, 0.3) is 0 Å². The lowest BCUT2D eigenvalue weighted by atomic mass is 9.95. The number of hydrogen-bond acceptors (Lipinski definition) is 4. The summed E-state index contributed by atoms with van der Waals surface area (Å²) in [6, 6.07) is 14.9. The van der Waals surface area contributed by atoms with Gasteiger partial charge >= 0.3 is 0 Å². The van der Waals surface area contributed by atoms with E-state index in [-0.39, 0.29) is 23.5 Å². The van der Waals surface area contributed by atoms with E-state index in [0.29, 0.717) is 37.3 Å². The molecule has 6 nitrogen and oxygen atoms in total. The molecular weight excluding hydrogens is 407 g/mol. The van der Waals surface area contributed by atoms with Gasteiger partial charge in [0, 0.05) is 38.3 Å². The van der Waals surface area contributed by atoms with Gasteiger partial charge in [0.15, 0.2) is 0 Å². The molecule has 1 unspecified atom stereocenters. The van der Waals surface area contributed by atoms with Crippen LogP contribution in [-0.2, 0) is 11.3 Å². The van der Waals surface area contributed by atoms with E-state index in [1.165, 1.54) is 24.3 Å². The van der Waals surface area contributed by atoms with E-state index in [0.717, 1.165) is 24.9 Å². The lowest BCUT2D eigenvalue weighted by Crippen LogP contribution is -2.47. The topological polar surface area (TPSA) is 67.7 Å². The Morgan fingerprint density at radius 3 is 2.41 bits per heavy atom. The molecule has 3 rings (SSSR count). The fraction of sp³-hybridized carbons (Fsp3) is 0.400. The van der Waals surface area contributed by atoms with Gasteiger partial charge in [-0.2, -0.15) is 5.26 Å². The maximum Gasteiger partial charge on any atom is 0.253 e. The van der Waals surface area contributed by atoms with Crippen LogP contribution in [0, 0.1) is 23.1 Å². The summed E-state index contributed by atoms with van der Waals surface area (Å²) in [5, 5.41) is 9.01. The first-order valence-electron chi connectivity index (χ1n) is 10.8. The van der Waals surface area contributed by atoms with Crippen molar-refractivity contribution in [2.75, 3.05) is 40.3 Å². The SMILES string of the molecule is CN(C)CCN(Cc1ccc(C#N)cc1)C(=O)C1CCCN(C(=O)c2ccc(F)cc2)C1. The van der Waals surface area contributed by atoms with Crippen LogP contribution in [0.3, 0.4) is 0 Å². The van der Waals surface area contributed by atoms with Crippen molar-refractivity contribution in [3.05, 3.63) is 71.0 Å². The molecule has 0 bridgehead atoms. The second-order valence-corrected chi connectivity index (χ2v) is 8.47. The van der Waals surface area contributed by atoms with E-state index in [4.69, 9.17) is 5.26 Å². The highest BCUT2D eigenvalue weighted by Gasteiger charge is 2.31. The van der Waals surface area contributed by atoms with Crippen LogP contribution < -0.4 is 0 Å². The van der Waals surface area contributed by atoms with Crippen molar-refractivity contribution in [2.24, 2.45) is 5.92 Å². The highest BCUT2D eigenvalue weighted by atomic mass is 19.1. The van der Waals surface area contributed by atoms with Gasteiger partial charge in [0.1, 0.15) is 5.82 Å². The minimum atomic E-state index is -0.382. The molecule has 0 saturated carbocycles. The van der Waals surface area contributed by atoms with Crippen molar-refractivity contribution in [1.82, 2.24) is 14.7 Å². The van der Waals surface area contributed by atoms with Crippen LogP contribution in [0.4, 0.5) is 4.39 Å². The zero-order chi connectivity index (χ0) is 23.1. The largest absolute Gasteiger partial charge is 0.338 e. The maximum atomic E-state index is 13.5. The summed E-state index contributed by atoms with van der Waals surface area (Å²) in [5.74, 6) is -0.788. The van der Waals surface area contributed by atoms with Gasteiger partial charge in [0.25, 0.3) is 5.91 Å². The molecule has 1 aliphatic rings. The third-order valence-corrected chi connectivity index (χ3v) is 5.73. The van der Waals surface area contributed by atoms with Crippen molar-refractivity contribution >= 4 is 11.8 Å². The number of piperidine rings is 1. The molecule has 32 heavy (non-hydrogen) atoms. The van der Waals surface area contributed by atoms with E-state index in [9.17, 15) is 14.0 Å². The molecule has 1 heterocycles. The lowest BCUT2D eigenvalue weighted by Gasteiger charge is -2.35. The highest BCUT2D eigenvalue weighted by Crippen LogP contribution is 2.22. The smallest absolute Gasteiger partial charge is 0.253 e. The highest BCUT2D eigenvalue weighted by molar-refractivity contribution is 5.94. The minimum Gasteiger partial charge on any atom is -0.338 e. The Morgan fingerprint density at radius 2 is 1.78 bits per heavy atom. The number of rotatable bonds is 7. The molecule has 2 aromatic carbocycles. The van der Waals surface area contributed by atoms with Gasteiger partial charge in [-0.15, -0.1) is 0 Å². The molecule has 1 fully saturated rings. The average molecular weight is 437 g/mol. The zero-order valence-corrected chi connectivity index (χ0v) is 18.6. The van der Waals surface area contributed by atoms with Crippen LogP contribution in [0.15, 0.2) is 48.5 Å². The van der Waals surface area contributed by atoms with Crippen molar-refractivity contribution < 1.29 is 14.0 Å². The summed E-state index contributed by atoms with van der Waals surface area (Å²) < 4.78 is 13.2. The molecule has 0 aliphatic carbocycles. The van der Waals surface area contributed by atoms with E-state index < -0.39 is 0 Å². The lowest BCUT2D eigenvalue weighted by molar-refractivity contribution is -0.137. The molecule has 0 spiro atoms. The molecule has 168 valence electrons. The third kappa shape index (κ3) is 6.14. The van der Waals surface area contributed by atoms with Crippen molar-refractivity contribution in [3.8, 4) is 6.07 Å². The van der Waals surface area contributed by atoms with Gasteiger partial charge in [-0.25, -0.2) is 4.39 Å². The van der Waals surface area contributed by atoms with Gasteiger partial charge in [0.2, 0.25) is 5.91 Å². The summed E-state index contributed by atoms with van der Waals surface area (Å²) in [6.07, 6.45) is 1.49. The fourth-order valence-electron chi connectivity index (χ4n) is 3.89. The molecule has 2 aromatic rings. The number of benzene rings is 2. The van der Waals surface area contributed by atoms with Gasteiger partial charge in [-0.05, 0) is 68.9 Å². The molecule has 1 saturated heterocycles. The van der Waals surface area contributed by atoms with Crippen LogP contribution in [0.2, 0.25) is 0 Å². The second-order valence-electron chi connectivity index (χ2n) is 8.47. The summed E-state index contributed by atoms with van der Waals surface area (Å²) >= 11 is 0. The predicted octanol–water partition coefficient (Wildman–Crippen LogP) is 3.14. The number of amides is 2. The number of likely N-dealkylation sites (N-methyl/N-ethyl adjacent to an activating group) is 1. The molecule has 2 amide bonds. The van der Waals surface area contributed by atoms with Crippen molar-refractivity contribution in [2.45, 2.75) is 19.4 Å². The molecule has 0 aromatic heterocycles. The number of likely N-dealkylation sites (tertiary alicyclic amines) is 1. The Hall–Kier alpha value is -3.24. The fourth-order valence-corrected chi connectivity index (χ4v) is 3.89. The monoisotopic (exact) mass is 436 g/mol. The van der Waals surface area contributed by atoms with Crippen molar-refractivity contribution in [3.63, 3.8) is 0 Å². The Kier molecular flexibility index (Phi) is 7.96. The van der Waals surface area contributed by atoms with E-state index in [1.54, 1.807) is 17.0 Å². The summed E-state index contributed by atoms with van der Waals surface area (Å²) in [5.41, 5.74) is 1.98. The first-order valence-corrected chi connectivity index (χ1v) is 10.8. The molecule has 1 aliphatic heterocycles. The molecule has 1 atom stereocenters. The number of nitriles is 1.